The van der Waals surface area contributed by atoms with Crippen LogP contribution in [-0.4, -0.2) is 19.2 Å². The first kappa shape index (κ1) is 15.1. The molecule has 0 unspecified atom stereocenters. The molecule has 0 aliphatic heterocycles. The van der Waals surface area contributed by atoms with Crippen molar-refractivity contribution < 1.29 is 14.3 Å². The summed E-state index contributed by atoms with van der Waals surface area (Å²) in [5.74, 6) is 0.368. The third kappa shape index (κ3) is 4.75. The lowest BCUT2D eigenvalue weighted by Crippen LogP contribution is -2.30. The van der Waals surface area contributed by atoms with Crippen LogP contribution in [0.4, 0.5) is 0 Å². The van der Waals surface area contributed by atoms with Gasteiger partial charge in [0.05, 0.1) is 7.11 Å². The van der Waals surface area contributed by atoms with E-state index in [1.54, 1.807) is 18.2 Å². The van der Waals surface area contributed by atoms with Gasteiger partial charge in [-0.25, -0.2) is 4.79 Å². The summed E-state index contributed by atoms with van der Waals surface area (Å²) >= 11 is 11.7. The minimum Gasteiger partial charge on any atom is -0.479 e. The van der Waals surface area contributed by atoms with Gasteiger partial charge in [-0.1, -0.05) is 37.0 Å². The van der Waals surface area contributed by atoms with Crippen LogP contribution in [0, 0.1) is 5.92 Å². The van der Waals surface area contributed by atoms with Crippen LogP contribution in [0.25, 0.3) is 0 Å². The third-order valence-corrected chi connectivity index (χ3v) is 2.70. The van der Waals surface area contributed by atoms with Crippen LogP contribution in [0.1, 0.15) is 20.3 Å². The second-order valence-corrected chi connectivity index (χ2v) is 5.24. The first-order valence-electron chi connectivity index (χ1n) is 5.63. The fourth-order valence-electron chi connectivity index (χ4n) is 1.51. The first-order valence-corrected chi connectivity index (χ1v) is 6.38. The Morgan fingerprint density at radius 2 is 1.78 bits per heavy atom. The van der Waals surface area contributed by atoms with E-state index in [9.17, 15) is 4.79 Å². The van der Waals surface area contributed by atoms with Gasteiger partial charge >= 0.3 is 5.97 Å². The van der Waals surface area contributed by atoms with E-state index in [0.717, 1.165) is 0 Å². The van der Waals surface area contributed by atoms with Gasteiger partial charge in [-0.15, -0.1) is 0 Å². The fourth-order valence-corrected chi connectivity index (χ4v) is 2.02. The lowest BCUT2D eigenvalue weighted by molar-refractivity contribution is -0.149. The summed E-state index contributed by atoms with van der Waals surface area (Å²) in [5, 5.41) is 0.927. The summed E-state index contributed by atoms with van der Waals surface area (Å²) in [4.78, 5) is 11.6. The molecular weight excluding hydrogens is 275 g/mol. The third-order valence-electron chi connectivity index (χ3n) is 2.26. The van der Waals surface area contributed by atoms with Crippen molar-refractivity contribution in [1.82, 2.24) is 0 Å². The van der Waals surface area contributed by atoms with Gasteiger partial charge in [-0.05, 0) is 30.5 Å². The zero-order valence-electron chi connectivity index (χ0n) is 10.6. The topological polar surface area (TPSA) is 35.5 Å². The van der Waals surface area contributed by atoms with Crippen LogP contribution < -0.4 is 4.74 Å². The highest BCUT2D eigenvalue weighted by Crippen LogP contribution is 2.26. The van der Waals surface area contributed by atoms with Gasteiger partial charge in [0, 0.05) is 10.0 Å². The van der Waals surface area contributed by atoms with E-state index >= 15 is 0 Å². The molecule has 0 spiro atoms. The first-order chi connectivity index (χ1) is 8.42. The molecule has 0 fully saturated rings. The van der Waals surface area contributed by atoms with Crippen molar-refractivity contribution in [2.75, 3.05) is 7.11 Å². The Kier molecular flexibility index (Phi) is 5.76. The molecule has 1 atom stereocenters. The molecule has 1 aromatic carbocycles. The van der Waals surface area contributed by atoms with Gasteiger partial charge in [-0.3, -0.25) is 0 Å². The van der Waals surface area contributed by atoms with Gasteiger partial charge in [0.15, 0.2) is 6.10 Å². The average Bonchev–Trinajstić information content (AvgIpc) is 2.25. The summed E-state index contributed by atoms with van der Waals surface area (Å²) in [6, 6.07) is 4.83. The molecule has 0 heterocycles. The summed E-state index contributed by atoms with van der Waals surface area (Å²) in [7, 11) is 1.34. The summed E-state index contributed by atoms with van der Waals surface area (Å²) < 4.78 is 10.3. The zero-order chi connectivity index (χ0) is 13.7. The van der Waals surface area contributed by atoms with E-state index in [2.05, 4.69) is 0 Å². The summed E-state index contributed by atoms with van der Waals surface area (Å²) in [5.41, 5.74) is 0. The maximum atomic E-state index is 11.6. The van der Waals surface area contributed by atoms with Crippen LogP contribution in [0.5, 0.6) is 5.75 Å². The molecule has 0 amide bonds. The Morgan fingerprint density at radius 1 is 1.22 bits per heavy atom. The van der Waals surface area contributed by atoms with Crippen LogP contribution in [0.2, 0.25) is 10.0 Å². The number of methoxy groups -OCH3 is 1. The van der Waals surface area contributed by atoms with Crippen molar-refractivity contribution in [2.45, 2.75) is 26.4 Å². The highest BCUT2D eigenvalue weighted by molar-refractivity contribution is 6.34. The number of carbonyl (C=O) groups is 1. The number of esters is 1. The maximum absolute atomic E-state index is 11.6. The molecule has 0 N–H and O–H groups in total. The number of ether oxygens (including phenoxy) is 2. The smallest absolute Gasteiger partial charge is 0.347 e. The number of rotatable bonds is 5. The Balaban J connectivity index is 2.84. The Bertz CT molecular complexity index is 398. The quantitative estimate of drug-likeness (QED) is 0.770. The van der Waals surface area contributed by atoms with Crippen LogP contribution in [-0.2, 0) is 9.53 Å². The van der Waals surface area contributed by atoms with Gasteiger partial charge < -0.3 is 9.47 Å². The van der Waals surface area contributed by atoms with Crippen molar-refractivity contribution in [2.24, 2.45) is 5.92 Å². The van der Waals surface area contributed by atoms with Gasteiger partial charge in [0.1, 0.15) is 5.75 Å². The highest BCUT2D eigenvalue weighted by Gasteiger charge is 2.22. The minimum atomic E-state index is -0.649. The van der Waals surface area contributed by atoms with Crippen molar-refractivity contribution in [3.63, 3.8) is 0 Å². The second kappa shape index (κ2) is 6.86. The minimum absolute atomic E-state index is 0.309. The standard InChI is InChI=1S/C13H16Cl2O3/c1-8(2)4-12(13(16)17-3)18-11-6-9(14)5-10(15)7-11/h5-8,12H,4H2,1-3H3/t12-/m1/s1. The fraction of sp³-hybridized carbons (Fsp3) is 0.462. The second-order valence-electron chi connectivity index (χ2n) is 4.36. The van der Waals surface area contributed by atoms with E-state index < -0.39 is 12.1 Å². The zero-order valence-corrected chi connectivity index (χ0v) is 12.1. The maximum Gasteiger partial charge on any atom is 0.347 e. The van der Waals surface area contributed by atoms with E-state index in [-0.39, 0.29) is 0 Å². The summed E-state index contributed by atoms with van der Waals surface area (Å²) in [6.07, 6.45) is -0.0823. The Labute approximate surface area is 117 Å². The number of benzene rings is 1. The molecule has 0 radical (unpaired) electrons. The molecule has 1 aromatic rings. The molecule has 0 aliphatic rings. The summed E-state index contributed by atoms with van der Waals surface area (Å²) in [6.45, 7) is 4.01. The molecule has 5 heteroatoms. The monoisotopic (exact) mass is 290 g/mol. The lowest BCUT2D eigenvalue weighted by atomic mass is 10.1. The van der Waals surface area contributed by atoms with Crippen molar-refractivity contribution in [3.05, 3.63) is 28.2 Å². The molecule has 0 aromatic heterocycles. The highest BCUT2D eigenvalue weighted by atomic mass is 35.5. The lowest BCUT2D eigenvalue weighted by Gasteiger charge is -2.18. The largest absolute Gasteiger partial charge is 0.479 e. The molecule has 0 saturated heterocycles. The molecule has 1 rings (SSSR count). The Hall–Kier alpha value is -0.930. The van der Waals surface area contributed by atoms with Crippen LogP contribution in [0.3, 0.4) is 0 Å². The van der Waals surface area contributed by atoms with Crippen molar-refractivity contribution >= 4 is 29.2 Å². The number of carbonyl (C=O) groups excluding carboxylic acids is 1. The molecule has 18 heavy (non-hydrogen) atoms. The molecule has 100 valence electrons. The Morgan fingerprint density at radius 3 is 2.22 bits per heavy atom. The van der Waals surface area contributed by atoms with E-state index in [4.69, 9.17) is 32.7 Å². The number of hydrogen-bond donors (Lipinski definition) is 0. The van der Waals surface area contributed by atoms with Crippen molar-refractivity contribution in [1.29, 1.82) is 0 Å². The predicted octanol–water partition coefficient (Wildman–Crippen LogP) is 3.96. The number of halogens is 2. The molecular formula is C13H16Cl2O3. The van der Waals surface area contributed by atoms with Gasteiger partial charge in [0.2, 0.25) is 0 Å². The van der Waals surface area contributed by atoms with E-state index in [1.165, 1.54) is 7.11 Å². The van der Waals surface area contributed by atoms with E-state index in [0.29, 0.717) is 28.1 Å². The predicted molar refractivity (Wildman–Crippen MR) is 72.3 cm³/mol. The molecule has 3 nitrogen and oxygen atoms in total. The van der Waals surface area contributed by atoms with Crippen molar-refractivity contribution in [3.8, 4) is 5.75 Å². The van der Waals surface area contributed by atoms with Gasteiger partial charge in [-0.2, -0.15) is 0 Å². The SMILES string of the molecule is COC(=O)[C@@H](CC(C)C)Oc1cc(Cl)cc(Cl)c1. The van der Waals surface area contributed by atoms with Gasteiger partial charge in [0.25, 0.3) is 0 Å². The molecule has 0 bridgehead atoms. The molecule has 0 aliphatic carbocycles. The van der Waals surface area contributed by atoms with Crippen LogP contribution in [0.15, 0.2) is 18.2 Å². The number of hydrogen-bond acceptors (Lipinski definition) is 3. The molecule has 0 saturated carbocycles. The van der Waals surface area contributed by atoms with Crippen LogP contribution >= 0.6 is 23.2 Å². The van der Waals surface area contributed by atoms with E-state index in [1.807, 2.05) is 13.8 Å². The average molecular weight is 291 g/mol. The normalized spacial score (nSPS) is 12.3.